The second kappa shape index (κ2) is 4.04. The quantitative estimate of drug-likeness (QED) is 0.673. The molecule has 0 spiro atoms. The molecule has 5 heteroatoms. The molecule has 0 radical (unpaired) electrons. The molecule has 0 aliphatic heterocycles. The largest absolute Gasteiger partial charge is 0.468 e. The van der Waals surface area contributed by atoms with Crippen molar-refractivity contribution in [3.63, 3.8) is 0 Å². The van der Waals surface area contributed by atoms with Crippen LogP contribution >= 0.6 is 0 Å². The average Bonchev–Trinajstić information content (AvgIpc) is 2.62. The van der Waals surface area contributed by atoms with Crippen LogP contribution in [-0.4, -0.2) is 22.6 Å². The Balaban J connectivity index is 2.87. The first kappa shape index (κ1) is 9.73. The van der Waals surface area contributed by atoms with Crippen LogP contribution in [-0.2, 0) is 16.1 Å². The lowest BCUT2D eigenvalue weighted by molar-refractivity contribution is -0.142. The normalized spacial score (nSPS) is 12.5. The third-order valence-electron chi connectivity index (χ3n) is 1.82. The third-order valence-corrected chi connectivity index (χ3v) is 1.82. The van der Waals surface area contributed by atoms with E-state index in [4.69, 9.17) is 5.73 Å². The Labute approximate surface area is 76.5 Å². The number of ether oxygens (including phenoxy) is 1. The van der Waals surface area contributed by atoms with E-state index in [2.05, 4.69) is 9.72 Å². The zero-order chi connectivity index (χ0) is 9.84. The van der Waals surface area contributed by atoms with Gasteiger partial charge in [0.2, 0.25) is 0 Å². The number of hydrogen-bond acceptors (Lipinski definition) is 4. The number of methoxy groups -OCH3 is 1. The van der Waals surface area contributed by atoms with E-state index >= 15 is 0 Å². The highest BCUT2D eigenvalue weighted by Gasteiger charge is 2.20. The van der Waals surface area contributed by atoms with E-state index in [-0.39, 0.29) is 0 Å². The summed E-state index contributed by atoms with van der Waals surface area (Å²) < 4.78 is 6.33. The minimum Gasteiger partial charge on any atom is -0.468 e. The molecule has 1 aromatic rings. The Morgan fingerprint density at radius 1 is 1.85 bits per heavy atom. The van der Waals surface area contributed by atoms with Gasteiger partial charge >= 0.3 is 5.97 Å². The summed E-state index contributed by atoms with van der Waals surface area (Å²) in [5.74, 6) is 0.0650. The van der Waals surface area contributed by atoms with Crippen molar-refractivity contribution in [2.75, 3.05) is 7.11 Å². The monoisotopic (exact) mass is 183 g/mol. The molecule has 0 saturated heterocycles. The van der Waals surface area contributed by atoms with Gasteiger partial charge in [-0.05, 0) is 6.92 Å². The van der Waals surface area contributed by atoms with Crippen LogP contribution in [0.25, 0.3) is 0 Å². The number of aryl methyl sites for hydroxylation is 1. The smallest absolute Gasteiger partial charge is 0.330 e. The van der Waals surface area contributed by atoms with Gasteiger partial charge in [0.15, 0.2) is 6.04 Å². The summed E-state index contributed by atoms with van der Waals surface area (Å²) in [7, 11) is 1.31. The molecule has 1 aromatic heterocycles. The molecular formula is C8H13N3O2. The topological polar surface area (TPSA) is 70.1 Å². The highest BCUT2D eigenvalue weighted by atomic mass is 16.5. The fourth-order valence-electron chi connectivity index (χ4n) is 1.10. The van der Waals surface area contributed by atoms with Crippen molar-refractivity contribution in [2.45, 2.75) is 19.5 Å². The van der Waals surface area contributed by atoms with Crippen molar-refractivity contribution in [2.24, 2.45) is 5.73 Å². The molecule has 0 aliphatic rings. The second-order valence-electron chi connectivity index (χ2n) is 2.57. The maximum Gasteiger partial charge on any atom is 0.330 e. The number of hydrogen-bond donors (Lipinski definition) is 1. The Bertz CT molecular complexity index is 295. The summed E-state index contributed by atoms with van der Waals surface area (Å²) in [6, 6.07) is -0.792. The molecule has 1 heterocycles. The number of carbonyl (C=O) groups is 1. The molecule has 1 atom stereocenters. The summed E-state index contributed by atoms with van der Waals surface area (Å²) in [4.78, 5) is 15.1. The number of imidazole rings is 1. The molecule has 0 aromatic carbocycles. The van der Waals surface area contributed by atoms with Crippen molar-refractivity contribution in [1.29, 1.82) is 0 Å². The number of nitrogens with zero attached hydrogens (tertiary/aromatic N) is 2. The zero-order valence-corrected chi connectivity index (χ0v) is 7.73. The van der Waals surface area contributed by atoms with Gasteiger partial charge in [0, 0.05) is 18.9 Å². The summed E-state index contributed by atoms with van der Waals surface area (Å²) in [5, 5.41) is 0. The van der Waals surface area contributed by atoms with Crippen LogP contribution in [0.4, 0.5) is 0 Å². The van der Waals surface area contributed by atoms with Gasteiger partial charge in [-0.25, -0.2) is 9.78 Å². The minimum absolute atomic E-state index is 0.471. The molecule has 1 rings (SSSR count). The number of nitrogens with two attached hydrogens (primary N) is 1. The number of carbonyl (C=O) groups excluding carboxylic acids is 1. The fraction of sp³-hybridized carbons (Fsp3) is 0.500. The van der Waals surface area contributed by atoms with Crippen LogP contribution in [0, 0.1) is 0 Å². The van der Waals surface area contributed by atoms with Gasteiger partial charge in [-0.15, -0.1) is 0 Å². The first-order chi connectivity index (χ1) is 6.20. The maximum absolute atomic E-state index is 11.1. The molecule has 13 heavy (non-hydrogen) atoms. The lowest BCUT2D eigenvalue weighted by Gasteiger charge is -2.10. The summed E-state index contributed by atoms with van der Waals surface area (Å²) in [6.45, 7) is 2.69. The van der Waals surface area contributed by atoms with Crippen molar-refractivity contribution < 1.29 is 9.53 Å². The Kier molecular flexibility index (Phi) is 3.02. The Morgan fingerprint density at radius 2 is 2.54 bits per heavy atom. The van der Waals surface area contributed by atoms with Gasteiger partial charge in [-0.2, -0.15) is 0 Å². The number of aromatic nitrogens is 2. The molecule has 0 bridgehead atoms. The van der Waals surface area contributed by atoms with E-state index in [1.807, 2.05) is 11.5 Å². The van der Waals surface area contributed by atoms with E-state index in [1.165, 1.54) is 7.11 Å². The third kappa shape index (κ3) is 1.86. The standard InChI is InChI=1S/C8H13N3O2/c1-3-11-5-4-10-7(11)6(9)8(12)13-2/h4-6H,3,9H2,1-2H3. The highest BCUT2D eigenvalue weighted by molar-refractivity contribution is 5.76. The molecule has 0 fully saturated rings. The van der Waals surface area contributed by atoms with E-state index in [0.717, 1.165) is 6.54 Å². The van der Waals surface area contributed by atoms with Crippen molar-refractivity contribution in [3.05, 3.63) is 18.2 Å². The first-order valence-corrected chi connectivity index (χ1v) is 4.05. The van der Waals surface area contributed by atoms with Gasteiger partial charge in [0.1, 0.15) is 5.82 Å². The Morgan fingerprint density at radius 3 is 3.08 bits per heavy atom. The van der Waals surface area contributed by atoms with Gasteiger partial charge in [0.05, 0.1) is 7.11 Å². The van der Waals surface area contributed by atoms with Gasteiger partial charge in [-0.1, -0.05) is 0 Å². The van der Waals surface area contributed by atoms with Crippen molar-refractivity contribution >= 4 is 5.97 Å². The molecule has 5 nitrogen and oxygen atoms in total. The van der Waals surface area contributed by atoms with Gasteiger partial charge < -0.3 is 15.0 Å². The summed E-state index contributed by atoms with van der Waals surface area (Å²) >= 11 is 0. The van der Waals surface area contributed by atoms with Gasteiger partial charge in [0.25, 0.3) is 0 Å². The maximum atomic E-state index is 11.1. The van der Waals surface area contributed by atoms with Crippen LogP contribution in [0.1, 0.15) is 18.8 Å². The van der Waals surface area contributed by atoms with Crippen LogP contribution < -0.4 is 5.73 Å². The van der Waals surface area contributed by atoms with E-state index in [1.54, 1.807) is 12.4 Å². The summed E-state index contributed by atoms with van der Waals surface area (Å²) in [5.41, 5.74) is 5.61. The fourth-order valence-corrected chi connectivity index (χ4v) is 1.10. The molecule has 2 N–H and O–H groups in total. The zero-order valence-electron chi connectivity index (χ0n) is 7.73. The van der Waals surface area contributed by atoms with Crippen LogP contribution in [0.5, 0.6) is 0 Å². The molecule has 72 valence electrons. The van der Waals surface area contributed by atoms with E-state index in [0.29, 0.717) is 5.82 Å². The van der Waals surface area contributed by atoms with Crippen molar-refractivity contribution in [1.82, 2.24) is 9.55 Å². The van der Waals surface area contributed by atoms with Gasteiger partial charge in [-0.3, -0.25) is 0 Å². The number of rotatable bonds is 3. The van der Waals surface area contributed by atoms with E-state index in [9.17, 15) is 4.79 Å². The minimum atomic E-state index is -0.792. The van der Waals surface area contributed by atoms with Crippen LogP contribution in [0.2, 0.25) is 0 Å². The van der Waals surface area contributed by atoms with E-state index < -0.39 is 12.0 Å². The predicted octanol–water partition coefficient (Wildman–Crippen LogP) is 0.0758. The van der Waals surface area contributed by atoms with Crippen LogP contribution in [0.3, 0.4) is 0 Å². The highest BCUT2D eigenvalue weighted by Crippen LogP contribution is 2.08. The molecule has 0 saturated carbocycles. The number of esters is 1. The second-order valence-corrected chi connectivity index (χ2v) is 2.57. The molecule has 0 aliphatic carbocycles. The molecule has 1 unspecified atom stereocenters. The SMILES string of the molecule is CCn1ccnc1C(N)C(=O)OC. The average molecular weight is 183 g/mol. The predicted molar refractivity (Wildman–Crippen MR) is 46.8 cm³/mol. The lowest BCUT2D eigenvalue weighted by Crippen LogP contribution is -2.26. The molecular weight excluding hydrogens is 170 g/mol. The summed E-state index contributed by atoms with van der Waals surface area (Å²) in [6.07, 6.45) is 3.39. The van der Waals surface area contributed by atoms with Crippen molar-refractivity contribution in [3.8, 4) is 0 Å². The first-order valence-electron chi connectivity index (χ1n) is 4.05. The molecule has 0 amide bonds. The Hall–Kier alpha value is -1.36. The lowest BCUT2D eigenvalue weighted by atomic mass is 10.3. The van der Waals surface area contributed by atoms with Crippen LogP contribution in [0.15, 0.2) is 12.4 Å².